The number of hydrogen-bond acceptors (Lipinski definition) is 6. The van der Waals surface area contributed by atoms with Gasteiger partial charge in [-0.15, -0.1) is 5.10 Å². The Morgan fingerprint density at radius 2 is 1.96 bits per heavy atom. The highest BCUT2D eigenvalue weighted by atomic mass is 32.2. The van der Waals surface area contributed by atoms with Gasteiger partial charge in [0.2, 0.25) is 10.1 Å². The molecule has 0 atom stereocenters. The fourth-order valence-corrected chi connectivity index (χ4v) is 4.68. The Morgan fingerprint density at radius 3 is 2.71 bits per heavy atom. The van der Waals surface area contributed by atoms with E-state index < -0.39 is 0 Å². The molecule has 0 unspecified atom stereocenters. The van der Waals surface area contributed by atoms with Crippen molar-refractivity contribution in [1.29, 1.82) is 0 Å². The maximum absolute atomic E-state index is 4.50. The third kappa shape index (κ3) is 3.74. The lowest BCUT2D eigenvalue weighted by Crippen LogP contribution is -2.34. The highest BCUT2D eigenvalue weighted by Gasteiger charge is 2.10. The van der Waals surface area contributed by atoms with E-state index in [0.717, 1.165) is 34.4 Å². The number of hydrogen-bond donors (Lipinski definition) is 1. The molecule has 0 aliphatic carbocycles. The minimum absolute atomic E-state index is 0.871. The number of benzene rings is 1. The number of nitrogens with one attached hydrogen (secondary N) is 1. The molecular formula is C17H21N5S2. The smallest absolute Gasteiger partial charge is 0.214 e. The Kier molecular flexibility index (Phi) is 4.73. The lowest BCUT2D eigenvalue weighted by atomic mass is 10.1. The molecule has 4 rings (SSSR count). The fourth-order valence-electron chi connectivity index (χ4n) is 2.85. The molecule has 0 spiro atoms. The maximum atomic E-state index is 4.50. The summed E-state index contributed by atoms with van der Waals surface area (Å²) >= 11 is 3.63. The van der Waals surface area contributed by atoms with Crippen LogP contribution in [0.3, 0.4) is 0 Å². The van der Waals surface area contributed by atoms with Gasteiger partial charge >= 0.3 is 0 Å². The van der Waals surface area contributed by atoms with Gasteiger partial charge in [-0.1, -0.05) is 23.5 Å². The van der Waals surface area contributed by atoms with Gasteiger partial charge in [0.15, 0.2) is 0 Å². The van der Waals surface area contributed by atoms with Crippen LogP contribution in [0, 0.1) is 6.92 Å². The van der Waals surface area contributed by atoms with Crippen molar-refractivity contribution >= 4 is 38.9 Å². The summed E-state index contributed by atoms with van der Waals surface area (Å²) in [6, 6.07) is 8.70. The van der Waals surface area contributed by atoms with Crippen LogP contribution in [-0.4, -0.2) is 50.6 Å². The van der Waals surface area contributed by atoms with E-state index in [1.807, 2.05) is 17.6 Å². The normalized spacial score (nSPS) is 15.9. The first-order chi connectivity index (χ1) is 11.8. The van der Waals surface area contributed by atoms with Crippen LogP contribution < -0.4 is 5.32 Å². The van der Waals surface area contributed by atoms with Crippen molar-refractivity contribution in [2.75, 3.05) is 36.5 Å². The second-order valence-electron chi connectivity index (χ2n) is 6.04. The summed E-state index contributed by atoms with van der Waals surface area (Å²) < 4.78 is 1.83. The molecule has 0 amide bonds. The maximum Gasteiger partial charge on any atom is 0.214 e. The molecule has 0 bridgehead atoms. The van der Waals surface area contributed by atoms with Crippen LogP contribution in [-0.2, 0) is 6.42 Å². The quantitative estimate of drug-likeness (QED) is 0.756. The van der Waals surface area contributed by atoms with E-state index in [4.69, 9.17) is 0 Å². The summed E-state index contributed by atoms with van der Waals surface area (Å²) in [6.07, 6.45) is 3.06. The molecule has 24 heavy (non-hydrogen) atoms. The van der Waals surface area contributed by atoms with Crippen LogP contribution in [0.1, 0.15) is 11.3 Å². The summed E-state index contributed by atoms with van der Waals surface area (Å²) in [5, 5.41) is 8.74. The van der Waals surface area contributed by atoms with Gasteiger partial charge in [0, 0.05) is 36.8 Å². The van der Waals surface area contributed by atoms with E-state index in [-0.39, 0.29) is 0 Å². The first-order valence-corrected chi connectivity index (χ1v) is 10.2. The van der Waals surface area contributed by atoms with E-state index in [2.05, 4.69) is 56.3 Å². The summed E-state index contributed by atoms with van der Waals surface area (Å²) in [5.41, 5.74) is 3.46. The van der Waals surface area contributed by atoms with Crippen LogP contribution >= 0.6 is 23.1 Å². The van der Waals surface area contributed by atoms with Crippen LogP contribution in [0.5, 0.6) is 0 Å². The van der Waals surface area contributed by atoms with Crippen molar-refractivity contribution in [3.05, 3.63) is 41.7 Å². The number of aryl methyl sites for hydroxylation is 1. The zero-order valence-electron chi connectivity index (χ0n) is 13.7. The molecule has 1 aromatic carbocycles. The van der Waals surface area contributed by atoms with Crippen molar-refractivity contribution in [2.24, 2.45) is 0 Å². The number of aromatic nitrogens is 3. The SMILES string of the molecule is Cc1cn2nc(Nc3ccc(CCN4CCSCC4)cc3)sc2n1. The van der Waals surface area contributed by atoms with Gasteiger partial charge in [-0.3, -0.25) is 0 Å². The van der Waals surface area contributed by atoms with Crippen molar-refractivity contribution < 1.29 is 0 Å². The molecule has 1 N–H and O–H groups in total. The second kappa shape index (κ2) is 7.13. The number of nitrogens with zero attached hydrogens (tertiary/aromatic N) is 4. The number of rotatable bonds is 5. The lowest BCUT2D eigenvalue weighted by Gasteiger charge is -2.26. The first-order valence-electron chi connectivity index (χ1n) is 8.25. The molecule has 1 fully saturated rings. The number of fused-ring (bicyclic) bond motifs is 1. The largest absolute Gasteiger partial charge is 0.330 e. The highest BCUT2D eigenvalue weighted by Crippen LogP contribution is 2.23. The topological polar surface area (TPSA) is 45.5 Å². The third-order valence-corrected chi connectivity index (χ3v) is 5.97. The van der Waals surface area contributed by atoms with Crippen LogP contribution in [0.4, 0.5) is 10.8 Å². The van der Waals surface area contributed by atoms with Crippen molar-refractivity contribution in [3.63, 3.8) is 0 Å². The number of anilines is 2. The molecule has 7 heteroatoms. The van der Waals surface area contributed by atoms with Gasteiger partial charge in [0.1, 0.15) is 0 Å². The molecule has 5 nitrogen and oxygen atoms in total. The third-order valence-electron chi connectivity index (χ3n) is 4.19. The Bertz CT molecular complexity index is 771. The Hall–Kier alpha value is -1.57. The monoisotopic (exact) mass is 359 g/mol. The minimum Gasteiger partial charge on any atom is -0.330 e. The standard InChI is InChI=1S/C17H21N5S2/c1-13-12-22-17(18-13)24-16(20-22)19-15-4-2-14(3-5-15)6-7-21-8-10-23-11-9-21/h2-5,12H,6-11H2,1H3,(H,19,20). The molecular weight excluding hydrogens is 338 g/mol. The second-order valence-corrected chi connectivity index (χ2v) is 8.22. The Balaban J connectivity index is 1.35. The molecule has 1 saturated heterocycles. The predicted molar refractivity (Wildman–Crippen MR) is 103 cm³/mol. The van der Waals surface area contributed by atoms with E-state index in [1.54, 1.807) is 11.3 Å². The molecule has 3 aromatic rings. The van der Waals surface area contributed by atoms with Crippen LogP contribution in [0.2, 0.25) is 0 Å². The summed E-state index contributed by atoms with van der Waals surface area (Å²) in [6.45, 7) is 5.61. The predicted octanol–water partition coefficient (Wildman–Crippen LogP) is 3.43. The van der Waals surface area contributed by atoms with Gasteiger partial charge in [-0.2, -0.15) is 11.8 Å². The molecule has 1 aliphatic rings. The molecule has 0 saturated carbocycles. The summed E-state index contributed by atoms with van der Waals surface area (Å²) in [5.74, 6) is 2.55. The van der Waals surface area contributed by atoms with Crippen LogP contribution in [0.15, 0.2) is 30.5 Å². The van der Waals surface area contributed by atoms with Crippen LogP contribution in [0.25, 0.3) is 4.96 Å². The average molecular weight is 360 g/mol. The zero-order chi connectivity index (χ0) is 16.4. The fraction of sp³-hybridized carbons (Fsp3) is 0.412. The zero-order valence-corrected chi connectivity index (χ0v) is 15.4. The molecule has 3 heterocycles. The van der Waals surface area contributed by atoms with E-state index >= 15 is 0 Å². The Morgan fingerprint density at radius 1 is 1.17 bits per heavy atom. The number of imidazole rings is 1. The van der Waals surface area contributed by atoms with Gasteiger partial charge in [-0.05, 0) is 31.0 Å². The molecule has 2 aromatic heterocycles. The highest BCUT2D eigenvalue weighted by molar-refractivity contribution is 7.99. The van der Waals surface area contributed by atoms with Crippen molar-refractivity contribution in [3.8, 4) is 0 Å². The Labute approximate surface area is 150 Å². The summed E-state index contributed by atoms with van der Waals surface area (Å²) in [7, 11) is 0. The van der Waals surface area contributed by atoms with E-state index in [9.17, 15) is 0 Å². The van der Waals surface area contributed by atoms with Gasteiger partial charge < -0.3 is 10.2 Å². The van der Waals surface area contributed by atoms with E-state index in [1.165, 1.54) is 30.2 Å². The van der Waals surface area contributed by atoms with Gasteiger partial charge in [0.05, 0.1) is 11.9 Å². The molecule has 126 valence electrons. The van der Waals surface area contributed by atoms with Gasteiger partial charge in [0.25, 0.3) is 0 Å². The number of thioether (sulfide) groups is 1. The lowest BCUT2D eigenvalue weighted by molar-refractivity contribution is 0.306. The molecule has 0 radical (unpaired) electrons. The average Bonchev–Trinajstić information content (AvgIpc) is 3.12. The minimum atomic E-state index is 0.871. The first kappa shape index (κ1) is 15.9. The van der Waals surface area contributed by atoms with Crippen molar-refractivity contribution in [1.82, 2.24) is 19.5 Å². The molecule has 1 aliphatic heterocycles. The van der Waals surface area contributed by atoms with E-state index in [0.29, 0.717) is 0 Å². The van der Waals surface area contributed by atoms with Crippen molar-refractivity contribution in [2.45, 2.75) is 13.3 Å². The summed E-state index contributed by atoms with van der Waals surface area (Å²) in [4.78, 5) is 7.92. The van der Waals surface area contributed by atoms with Gasteiger partial charge in [-0.25, -0.2) is 9.50 Å².